The van der Waals surface area contributed by atoms with Crippen LogP contribution in [0.3, 0.4) is 0 Å². The van der Waals surface area contributed by atoms with Crippen molar-refractivity contribution < 1.29 is 19.8 Å². The first-order valence-corrected chi connectivity index (χ1v) is 4.55. The van der Waals surface area contributed by atoms with E-state index >= 15 is 0 Å². The predicted octanol–water partition coefficient (Wildman–Crippen LogP) is -0.958. The molecule has 0 aliphatic rings. The van der Waals surface area contributed by atoms with Gasteiger partial charge in [0.15, 0.2) is 0 Å². The summed E-state index contributed by atoms with van der Waals surface area (Å²) in [5.41, 5.74) is 0.0340. The molecular formula is C9H11N3O4. The summed E-state index contributed by atoms with van der Waals surface area (Å²) in [6.45, 7) is -0.322. The number of carboxylic acids is 1. The molecule has 3 N–H and O–H groups in total. The van der Waals surface area contributed by atoms with E-state index in [1.807, 2.05) is 0 Å². The number of hydrogen-bond donors (Lipinski definition) is 3. The fraction of sp³-hybridized carbons (Fsp3) is 0.333. The van der Waals surface area contributed by atoms with E-state index in [2.05, 4.69) is 15.3 Å². The Morgan fingerprint density at radius 3 is 2.69 bits per heavy atom. The SMILES string of the molecule is O=C(N[C@@H](CCO)C(=O)O)c1cnccn1. The number of aliphatic hydroxyl groups excluding tert-OH is 1. The molecule has 7 nitrogen and oxygen atoms in total. The molecule has 0 spiro atoms. The molecule has 0 saturated heterocycles. The molecule has 1 rings (SSSR count). The number of carboxylic acid groups (broad SMARTS) is 1. The predicted molar refractivity (Wildman–Crippen MR) is 52.6 cm³/mol. The monoisotopic (exact) mass is 225 g/mol. The highest BCUT2D eigenvalue weighted by molar-refractivity contribution is 5.94. The molecule has 0 radical (unpaired) electrons. The average molecular weight is 225 g/mol. The van der Waals surface area contributed by atoms with E-state index < -0.39 is 17.9 Å². The van der Waals surface area contributed by atoms with Crippen LogP contribution in [0.1, 0.15) is 16.9 Å². The highest BCUT2D eigenvalue weighted by Crippen LogP contribution is 1.96. The molecule has 1 aromatic heterocycles. The van der Waals surface area contributed by atoms with Crippen molar-refractivity contribution in [1.29, 1.82) is 0 Å². The second-order valence-electron chi connectivity index (χ2n) is 2.97. The van der Waals surface area contributed by atoms with Crippen molar-refractivity contribution in [2.75, 3.05) is 6.61 Å². The minimum Gasteiger partial charge on any atom is -0.480 e. The largest absolute Gasteiger partial charge is 0.480 e. The fourth-order valence-corrected chi connectivity index (χ4v) is 1.04. The summed E-state index contributed by atoms with van der Waals surface area (Å²) in [4.78, 5) is 29.6. The van der Waals surface area contributed by atoms with Crippen molar-refractivity contribution in [3.05, 3.63) is 24.3 Å². The molecule has 0 fully saturated rings. The summed E-state index contributed by atoms with van der Waals surface area (Å²) in [7, 11) is 0. The van der Waals surface area contributed by atoms with Crippen LogP contribution in [0.5, 0.6) is 0 Å². The number of nitrogens with zero attached hydrogens (tertiary/aromatic N) is 2. The zero-order valence-electron chi connectivity index (χ0n) is 8.33. The maximum atomic E-state index is 11.5. The molecule has 0 unspecified atom stereocenters. The molecule has 0 saturated carbocycles. The lowest BCUT2D eigenvalue weighted by atomic mass is 10.2. The van der Waals surface area contributed by atoms with Crippen LogP contribution in [0.2, 0.25) is 0 Å². The first-order valence-electron chi connectivity index (χ1n) is 4.55. The van der Waals surface area contributed by atoms with Crippen LogP contribution in [-0.2, 0) is 4.79 Å². The molecule has 0 aliphatic heterocycles. The number of aromatic nitrogens is 2. The van der Waals surface area contributed by atoms with Crippen LogP contribution in [0.25, 0.3) is 0 Å². The van der Waals surface area contributed by atoms with Gasteiger partial charge in [-0.3, -0.25) is 9.78 Å². The van der Waals surface area contributed by atoms with Crippen molar-refractivity contribution in [1.82, 2.24) is 15.3 Å². The normalized spacial score (nSPS) is 11.8. The standard InChI is InChI=1S/C9H11N3O4/c13-4-1-6(9(15)16)12-8(14)7-5-10-2-3-11-7/h2-3,5-6,13H,1,4H2,(H,12,14)(H,15,16)/t6-/m0/s1. The maximum Gasteiger partial charge on any atom is 0.326 e. The minimum absolute atomic E-state index is 0.0340. The van der Waals surface area contributed by atoms with Crippen LogP contribution in [-0.4, -0.2) is 44.7 Å². The van der Waals surface area contributed by atoms with Crippen molar-refractivity contribution in [2.45, 2.75) is 12.5 Å². The van der Waals surface area contributed by atoms with Gasteiger partial charge in [0, 0.05) is 25.4 Å². The first kappa shape index (κ1) is 12.1. The lowest BCUT2D eigenvalue weighted by Crippen LogP contribution is -2.41. The van der Waals surface area contributed by atoms with Gasteiger partial charge in [0.05, 0.1) is 6.20 Å². The Labute approximate surface area is 91.2 Å². The van der Waals surface area contributed by atoms with Gasteiger partial charge < -0.3 is 15.5 Å². The molecule has 0 aromatic carbocycles. The second kappa shape index (κ2) is 5.76. The Balaban J connectivity index is 2.65. The molecule has 0 bridgehead atoms. The number of hydrogen-bond acceptors (Lipinski definition) is 5. The Kier molecular flexibility index (Phi) is 4.34. The molecule has 1 amide bonds. The first-order chi connectivity index (χ1) is 7.65. The quantitative estimate of drug-likeness (QED) is 0.595. The second-order valence-corrected chi connectivity index (χ2v) is 2.97. The van der Waals surface area contributed by atoms with Gasteiger partial charge in [0.25, 0.3) is 5.91 Å². The van der Waals surface area contributed by atoms with E-state index in [0.717, 1.165) is 0 Å². The highest BCUT2D eigenvalue weighted by Gasteiger charge is 2.20. The van der Waals surface area contributed by atoms with E-state index in [1.165, 1.54) is 18.6 Å². The Hall–Kier alpha value is -2.02. The van der Waals surface area contributed by atoms with Crippen LogP contribution < -0.4 is 5.32 Å². The Bertz CT molecular complexity index is 368. The smallest absolute Gasteiger partial charge is 0.326 e. The number of carbonyl (C=O) groups is 2. The number of carbonyl (C=O) groups excluding carboxylic acids is 1. The number of amides is 1. The van der Waals surface area contributed by atoms with Gasteiger partial charge in [0.1, 0.15) is 11.7 Å². The third kappa shape index (κ3) is 3.28. The minimum atomic E-state index is -1.20. The van der Waals surface area contributed by atoms with Gasteiger partial charge in [0.2, 0.25) is 0 Å². The summed E-state index contributed by atoms with van der Waals surface area (Å²) in [5, 5.41) is 19.6. The highest BCUT2D eigenvalue weighted by atomic mass is 16.4. The number of rotatable bonds is 5. The fourth-order valence-electron chi connectivity index (χ4n) is 1.04. The Morgan fingerprint density at radius 2 is 2.19 bits per heavy atom. The molecule has 1 aromatic rings. The van der Waals surface area contributed by atoms with Gasteiger partial charge in [-0.1, -0.05) is 0 Å². The number of nitrogens with one attached hydrogen (secondary N) is 1. The molecule has 1 heterocycles. The van der Waals surface area contributed by atoms with E-state index in [9.17, 15) is 9.59 Å². The molecular weight excluding hydrogens is 214 g/mol. The summed E-state index contributed by atoms with van der Waals surface area (Å²) < 4.78 is 0. The zero-order valence-corrected chi connectivity index (χ0v) is 8.33. The average Bonchev–Trinajstić information content (AvgIpc) is 2.29. The van der Waals surface area contributed by atoms with Gasteiger partial charge in [-0.2, -0.15) is 0 Å². The van der Waals surface area contributed by atoms with Gasteiger partial charge in [-0.15, -0.1) is 0 Å². The van der Waals surface area contributed by atoms with E-state index in [4.69, 9.17) is 10.2 Å². The summed E-state index contributed by atoms with van der Waals surface area (Å²) in [6.07, 6.45) is 3.91. The van der Waals surface area contributed by atoms with E-state index in [0.29, 0.717) is 0 Å². The van der Waals surface area contributed by atoms with Crippen molar-refractivity contribution in [3.63, 3.8) is 0 Å². The van der Waals surface area contributed by atoms with E-state index in [1.54, 1.807) is 0 Å². The van der Waals surface area contributed by atoms with E-state index in [-0.39, 0.29) is 18.7 Å². The summed E-state index contributed by atoms with van der Waals surface area (Å²) in [5.74, 6) is -1.83. The van der Waals surface area contributed by atoms with Crippen LogP contribution in [0.15, 0.2) is 18.6 Å². The van der Waals surface area contributed by atoms with Gasteiger partial charge in [-0.25, -0.2) is 9.78 Å². The van der Waals surface area contributed by atoms with Crippen molar-refractivity contribution in [2.24, 2.45) is 0 Å². The molecule has 0 aliphatic carbocycles. The molecule has 7 heteroatoms. The van der Waals surface area contributed by atoms with Gasteiger partial charge >= 0.3 is 5.97 Å². The molecule has 1 atom stereocenters. The third-order valence-electron chi connectivity index (χ3n) is 1.82. The lowest BCUT2D eigenvalue weighted by molar-refractivity contribution is -0.139. The number of aliphatic carboxylic acids is 1. The summed E-state index contributed by atoms with van der Waals surface area (Å²) in [6, 6.07) is -1.13. The topological polar surface area (TPSA) is 112 Å². The molecule has 86 valence electrons. The third-order valence-corrected chi connectivity index (χ3v) is 1.82. The van der Waals surface area contributed by atoms with Crippen LogP contribution in [0.4, 0.5) is 0 Å². The molecule has 16 heavy (non-hydrogen) atoms. The number of aliphatic hydroxyl groups is 1. The zero-order chi connectivity index (χ0) is 12.0. The van der Waals surface area contributed by atoms with Crippen molar-refractivity contribution >= 4 is 11.9 Å². The van der Waals surface area contributed by atoms with Gasteiger partial charge in [-0.05, 0) is 0 Å². The summed E-state index contributed by atoms with van der Waals surface area (Å²) >= 11 is 0. The van der Waals surface area contributed by atoms with Crippen LogP contribution in [0, 0.1) is 0 Å². The van der Waals surface area contributed by atoms with Crippen LogP contribution >= 0.6 is 0 Å². The van der Waals surface area contributed by atoms with Crippen molar-refractivity contribution in [3.8, 4) is 0 Å². The maximum absolute atomic E-state index is 11.5. The lowest BCUT2D eigenvalue weighted by Gasteiger charge is -2.12. The Morgan fingerprint density at radius 1 is 1.44 bits per heavy atom.